The SMILES string of the molecule is O=C1NC(=O)N(c2ccc(Br)cc2)C(=O)/C1=C\c1cc2c(cc1Br)OCO2. The third-order valence-electron chi connectivity index (χ3n) is 3.98. The van der Waals surface area contributed by atoms with Crippen LogP contribution in [0.3, 0.4) is 0 Å². The predicted octanol–water partition coefficient (Wildman–Crippen LogP) is 3.61. The number of hydrogen-bond acceptors (Lipinski definition) is 5. The second kappa shape index (κ2) is 6.82. The first-order valence-electron chi connectivity index (χ1n) is 7.70. The summed E-state index contributed by atoms with van der Waals surface area (Å²) in [5, 5.41) is 2.19. The molecule has 0 bridgehead atoms. The van der Waals surface area contributed by atoms with Gasteiger partial charge >= 0.3 is 6.03 Å². The summed E-state index contributed by atoms with van der Waals surface area (Å²) in [7, 11) is 0. The minimum absolute atomic E-state index is 0.104. The van der Waals surface area contributed by atoms with Crippen molar-refractivity contribution in [1.29, 1.82) is 0 Å². The van der Waals surface area contributed by atoms with Gasteiger partial charge in [-0.1, -0.05) is 31.9 Å². The van der Waals surface area contributed by atoms with Gasteiger partial charge in [0.05, 0.1) is 5.69 Å². The molecule has 2 heterocycles. The molecule has 2 aliphatic heterocycles. The van der Waals surface area contributed by atoms with Gasteiger partial charge in [0.25, 0.3) is 11.8 Å². The molecular weight excluding hydrogens is 484 g/mol. The van der Waals surface area contributed by atoms with Crippen LogP contribution < -0.4 is 19.7 Å². The molecule has 1 N–H and O–H groups in total. The quantitative estimate of drug-likeness (QED) is 0.510. The van der Waals surface area contributed by atoms with E-state index in [1.54, 1.807) is 36.4 Å². The second-order valence-electron chi connectivity index (χ2n) is 5.66. The van der Waals surface area contributed by atoms with Gasteiger partial charge in [-0.15, -0.1) is 0 Å². The van der Waals surface area contributed by atoms with E-state index in [0.717, 1.165) is 9.37 Å². The molecule has 0 unspecified atom stereocenters. The van der Waals surface area contributed by atoms with Gasteiger partial charge < -0.3 is 9.47 Å². The Kier molecular flexibility index (Phi) is 4.48. The molecule has 0 aliphatic carbocycles. The maximum Gasteiger partial charge on any atom is 0.335 e. The minimum atomic E-state index is -0.797. The number of nitrogens with one attached hydrogen (secondary N) is 1. The van der Waals surface area contributed by atoms with E-state index in [0.29, 0.717) is 27.2 Å². The zero-order valence-electron chi connectivity index (χ0n) is 13.5. The number of nitrogens with zero attached hydrogens (tertiary/aromatic N) is 1. The summed E-state index contributed by atoms with van der Waals surface area (Å²) in [5.74, 6) is -0.400. The average Bonchev–Trinajstić information content (AvgIpc) is 3.07. The van der Waals surface area contributed by atoms with Crippen LogP contribution in [0.5, 0.6) is 11.5 Å². The van der Waals surface area contributed by atoms with Gasteiger partial charge in [-0.05, 0) is 48.0 Å². The van der Waals surface area contributed by atoms with Gasteiger partial charge in [-0.25, -0.2) is 9.69 Å². The number of halogens is 2. The van der Waals surface area contributed by atoms with Gasteiger partial charge in [-0.3, -0.25) is 14.9 Å². The van der Waals surface area contributed by atoms with Crippen molar-refractivity contribution in [3.63, 3.8) is 0 Å². The van der Waals surface area contributed by atoms with Crippen molar-refractivity contribution < 1.29 is 23.9 Å². The van der Waals surface area contributed by atoms with Gasteiger partial charge in [0.1, 0.15) is 5.57 Å². The Labute approximate surface area is 170 Å². The summed E-state index contributed by atoms with van der Waals surface area (Å²) in [4.78, 5) is 38.3. The topological polar surface area (TPSA) is 84.9 Å². The molecule has 27 heavy (non-hydrogen) atoms. The number of carbonyl (C=O) groups excluding carboxylic acids is 3. The number of ether oxygens (including phenoxy) is 2. The lowest BCUT2D eigenvalue weighted by Crippen LogP contribution is -2.54. The number of rotatable bonds is 2. The largest absolute Gasteiger partial charge is 0.454 e. The number of hydrogen-bond donors (Lipinski definition) is 1. The highest BCUT2D eigenvalue weighted by Gasteiger charge is 2.37. The van der Waals surface area contributed by atoms with Crippen molar-refractivity contribution in [2.75, 3.05) is 11.7 Å². The molecule has 2 aromatic carbocycles. The molecule has 0 saturated carbocycles. The van der Waals surface area contributed by atoms with Crippen LogP contribution in [0.15, 0.2) is 50.9 Å². The molecule has 9 heteroatoms. The highest BCUT2D eigenvalue weighted by atomic mass is 79.9. The normalized spacial score (nSPS) is 17.5. The summed E-state index contributed by atoms with van der Waals surface area (Å²) in [5.41, 5.74) is 0.726. The maximum atomic E-state index is 12.9. The van der Waals surface area contributed by atoms with E-state index in [1.807, 2.05) is 0 Å². The molecule has 0 aromatic heterocycles. The van der Waals surface area contributed by atoms with Crippen LogP contribution in [0.4, 0.5) is 10.5 Å². The van der Waals surface area contributed by atoms with Crippen molar-refractivity contribution in [1.82, 2.24) is 5.32 Å². The third kappa shape index (κ3) is 3.24. The number of anilines is 1. The lowest BCUT2D eigenvalue weighted by molar-refractivity contribution is -0.122. The van der Waals surface area contributed by atoms with Crippen LogP contribution in [0, 0.1) is 0 Å². The van der Waals surface area contributed by atoms with Crippen LogP contribution >= 0.6 is 31.9 Å². The Morgan fingerprint density at radius 2 is 1.67 bits per heavy atom. The Hall–Kier alpha value is -2.65. The molecule has 0 radical (unpaired) electrons. The van der Waals surface area contributed by atoms with Crippen LogP contribution in [0.1, 0.15) is 5.56 Å². The number of urea groups is 1. The van der Waals surface area contributed by atoms with Crippen LogP contribution in [-0.2, 0) is 9.59 Å². The Morgan fingerprint density at radius 3 is 2.37 bits per heavy atom. The van der Waals surface area contributed by atoms with Crippen LogP contribution in [-0.4, -0.2) is 24.6 Å². The van der Waals surface area contributed by atoms with Gasteiger partial charge in [-0.2, -0.15) is 0 Å². The minimum Gasteiger partial charge on any atom is -0.454 e. The van der Waals surface area contributed by atoms with Crippen molar-refractivity contribution in [2.45, 2.75) is 0 Å². The Balaban J connectivity index is 1.75. The van der Waals surface area contributed by atoms with E-state index in [-0.39, 0.29) is 12.4 Å². The number of imide groups is 2. The fourth-order valence-electron chi connectivity index (χ4n) is 2.68. The number of carbonyl (C=O) groups is 3. The van der Waals surface area contributed by atoms with Crippen molar-refractivity contribution in [3.05, 3.63) is 56.5 Å². The number of barbiturate groups is 1. The average molecular weight is 494 g/mol. The Bertz CT molecular complexity index is 1020. The number of benzene rings is 2. The van der Waals surface area contributed by atoms with Gasteiger partial charge in [0.2, 0.25) is 6.79 Å². The molecule has 4 amide bonds. The van der Waals surface area contributed by atoms with Crippen LogP contribution in [0.2, 0.25) is 0 Å². The first-order chi connectivity index (χ1) is 12.9. The molecule has 0 atom stereocenters. The van der Waals surface area contributed by atoms with Crippen LogP contribution in [0.25, 0.3) is 6.08 Å². The lowest BCUT2D eigenvalue weighted by atomic mass is 10.1. The lowest BCUT2D eigenvalue weighted by Gasteiger charge is -2.26. The third-order valence-corrected chi connectivity index (χ3v) is 5.19. The number of fused-ring (bicyclic) bond motifs is 1. The Morgan fingerprint density at radius 1 is 1.00 bits per heavy atom. The monoisotopic (exact) mass is 492 g/mol. The fourth-order valence-corrected chi connectivity index (χ4v) is 3.38. The van der Waals surface area contributed by atoms with E-state index >= 15 is 0 Å². The van der Waals surface area contributed by atoms with Crippen molar-refractivity contribution in [3.8, 4) is 11.5 Å². The molecule has 1 saturated heterocycles. The molecule has 2 aliphatic rings. The predicted molar refractivity (Wildman–Crippen MR) is 103 cm³/mol. The zero-order valence-corrected chi connectivity index (χ0v) is 16.7. The summed E-state index contributed by atoms with van der Waals surface area (Å²) >= 11 is 6.69. The maximum absolute atomic E-state index is 12.9. The van der Waals surface area contributed by atoms with Gasteiger partial charge in [0, 0.05) is 8.95 Å². The highest BCUT2D eigenvalue weighted by molar-refractivity contribution is 9.10. The van der Waals surface area contributed by atoms with Crippen molar-refractivity contribution in [2.24, 2.45) is 0 Å². The molecule has 136 valence electrons. The highest BCUT2D eigenvalue weighted by Crippen LogP contribution is 2.38. The van der Waals surface area contributed by atoms with E-state index in [1.165, 1.54) is 6.08 Å². The summed E-state index contributed by atoms with van der Waals surface area (Å²) in [6, 6.07) is 9.15. The van der Waals surface area contributed by atoms with E-state index in [2.05, 4.69) is 37.2 Å². The number of amides is 4. The molecule has 0 spiro atoms. The van der Waals surface area contributed by atoms with E-state index < -0.39 is 17.8 Å². The molecule has 1 fully saturated rings. The van der Waals surface area contributed by atoms with Gasteiger partial charge in [0.15, 0.2) is 11.5 Å². The molecule has 4 rings (SSSR count). The van der Waals surface area contributed by atoms with E-state index in [4.69, 9.17) is 9.47 Å². The molecule has 7 nitrogen and oxygen atoms in total. The fraction of sp³-hybridized carbons (Fsp3) is 0.0556. The summed E-state index contributed by atoms with van der Waals surface area (Å²) in [6.07, 6.45) is 1.40. The van der Waals surface area contributed by atoms with Crippen molar-refractivity contribution >= 4 is 61.5 Å². The molecular formula is C18H10Br2N2O5. The summed E-state index contributed by atoms with van der Waals surface area (Å²) < 4.78 is 12.0. The first kappa shape index (κ1) is 17.7. The smallest absolute Gasteiger partial charge is 0.335 e. The summed E-state index contributed by atoms with van der Waals surface area (Å²) in [6.45, 7) is 0.104. The van der Waals surface area contributed by atoms with E-state index in [9.17, 15) is 14.4 Å². The second-order valence-corrected chi connectivity index (χ2v) is 7.43. The zero-order chi connectivity index (χ0) is 19.1. The molecule has 2 aromatic rings. The first-order valence-corrected chi connectivity index (χ1v) is 9.29. The standard InChI is InChI=1S/C18H10Br2N2O5/c19-10-1-3-11(4-2-10)22-17(24)12(16(23)21-18(22)25)5-9-6-14-15(7-13(9)20)27-8-26-14/h1-7H,8H2,(H,21,23,25)/b12-5-.